The maximum absolute atomic E-state index is 5.80. The normalized spacial score (nSPS) is 10.2. The van der Waals surface area contributed by atoms with E-state index in [0.717, 1.165) is 5.69 Å². The van der Waals surface area contributed by atoms with Gasteiger partial charge in [0.2, 0.25) is 0 Å². The number of nitrogens with one attached hydrogen (secondary N) is 1. The molecule has 7 heteroatoms. The van der Waals surface area contributed by atoms with E-state index in [1.54, 1.807) is 18.3 Å². The lowest BCUT2D eigenvalue weighted by molar-refractivity contribution is 0.294. The van der Waals surface area contributed by atoms with Crippen molar-refractivity contribution in [3.05, 3.63) is 41.1 Å². The minimum Gasteiger partial charge on any atom is -0.484 e. The van der Waals surface area contributed by atoms with Crippen molar-refractivity contribution in [1.82, 2.24) is 15.0 Å². The number of nitrogens with zero attached hydrogens (tertiary/aromatic N) is 3. The number of nitrogen functional groups attached to an aromatic ring is 1. The Morgan fingerprint density at radius 1 is 1.33 bits per heavy atom. The fourth-order valence-electron chi connectivity index (χ4n) is 1.39. The van der Waals surface area contributed by atoms with Crippen LogP contribution in [0.1, 0.15) is 11.5 Å². The van der Waals surface area contributed by atoms with Crippen LogP contribution >= 0.6 is 11.6 Å². The Kier molecular flexibility index (Phi) is 3.91. The van der Waals surface area contributed by atoms with Crippen molar-refractivity contribution < 1.29 is 4.74 Å². The molecule has 0 saturated carbocycles. The maximum Gasteiger partial charge on any atom is 0.168 e. The first kappa shape index (κ1) is 12.5. The van der Waals surface area contributed by atoms with Crippen LogP contribution in [0, 0.1) is 6.92 Å². The molecule has 0 aliphatic carbocycles. The van der Waals surface area contributed by atoms with Gasteiger partial charge < -0.3 is 10.2 Å². The van der Waals surface area contributed by atoms with Gasteiger partial charge in [-0.15, -0.1) is 0 Å². The minimum atomic E-state index is 0.221. The van der Waals surface area contributed by atoms with E-state index in [9.17, 15) is 0 Å². The lowest BCUT2D eigenvalue weighted by Crippen LogP contribution is -2.12. The van der Waals surface area contributed by atoms with Gasteiger partial charge in [-0.3, -0.25) is 4.98 Å². The zero-order valence-electron chi connectivity index (χ0n) is 9.72. The highest BCUT2D eigenvalue weighted by Gasteiger charge is 2.03. The first-order valence-electron chi connectivity index (χ1n) is 5.22. The van der Waals surface area contributed by atoms with Crippen LogP contribution in [0.2, 0.25) is 5.02 Å². The molecule has 2 aromatic rings. The topological polar surface area (TPSA) is 86.0 Å². The van der Waals surface area contributed by atoms with Crippen LogP contribution in [0.25, 0.3) is 0 Å². The number of halogens is 1. The molecule has 0 radical (unpaired) electrons. The number of aryl methyl sites for hydroxylation is 1. The molecule has 6 nitrogen and oxygen atoms in total. The number of rotatable bonds is 4. The summed E-state index contributed by atoms with van der Waals surface area (Å²) in [6.45, 7) is 2.07. The first-order valence-corrected chi connectivity index (χ1v) is 5.59. The van der Waals surface area contributed by atoms with Gasteiger partial charge in [0.05, 0.1) is 11.2 Å². The van der Waals surface area contributed by atoms with Gasteiger partial charge >= 0.3 is 0 Å². The van der Waals surface area contributed by atoms with Gasteiger partial charge in [0.15, 0.2) is 5.82 Å². The van der Waals surface area contributed by atoms with Crippen molar-refractivity contribution in [1.29, 1.82) is 0 Å². The van der Waals surface area contributed by atoms with Gasteiger partial charge in [-0.25, -0.2) is 15.8 Å². The molecule has 0 spiro atoms. The highest BCUT2D eigenvalue weighted by molar-refractivity contribution is 6.30. The number of nitrogens with two attached hydrogens (primary N) is 1. The SMILES string of the molecule is Cc1cc(NN)nc(COc2cncc(Cl)c2)n1. The van der Waals surface area contributed by atoms with Crippen LogP contribution in [0.15, 0.2) is 24.5 Å². The predicted octanol–water partition coefficient (Wildman–Crippen LogP) is 1.70. The van der Waals surface area contributed by atoms with Crippen LogP contribution in [0.5, 0.6) is 5.75 Å². The molecule has 2 heterocycles. The molecule has 0 aliphatic rings. The Morgan fingerprint density at radius 2 is 2.17 bits per heavy atom. The van der Waals surface area contributed by atoms with Crippen molar-refractivity contribution >= 4 is 17.4 Å². The van der Waals surface area contributed by atoms with Crippen LogP contribution in [-0.2, 0) is 6.61 Å². The quantitative estimate of drug-likeness (QED) is 0.646. The molecule has 3 N–H and O–H groups in total. The van der Waals surface area contributed by atoms with E-state index < -0.39 is 0 Å². The highest BCUT2D eigenvalue weighted by atomic mass is 35.5. The van der Waals surface area contributed by atoms with Crippen LogP contribution in [-0.4, -0.2) is 15.0 Å². The second kappa shape index (κ2) is 5.61. The summed E-state index contributed by atoms with van der Waals surface area (Å²) in [6.07, 6.45) is 3.11. The van der Waals surface area contributed by atoms with Gasteiger partial charge in [0.25, 0.3) is 0 Å². The number of pyridine rings is 1. The Hall–Kier alpha value is -1.92. The number of hydrogen-bond donors (Lipinski definition) is 2. The molecule has 2 aromatic heterocycles. The van der Waals surface area contributed by atoms with Crippen molar-refractivity contribution in [3.8, 4) is 5.75 Å². The summed E-state index contributed by atoms with van der Waals surface area (Å²) in [4.78, 5) is 12.3. The van der Waals surface area contributed by atoms with Crippen molar-refractivity contribution in [2.75, 3.05) is 5.43 Å². The van der Waals surface area contributed by atoms with Crippen molar-refractivity contribution in [3.63, 3.8) is 0 Å². The van der Waals surface area contributed by atoms with E-state index in [1.165, 1.54) is 6.20 Å². The van der Waals surface area contributed by atoms with Gasteiger partial charge in [-0.05, 0) is 6.92 Å². The molecular weight excluding hydrogens is 254 g/mol. The summed E-state index contributed by atoms with van der Waals surface area (Å²) >= 11 is 5.80. The van der Waals surface area contributed by atoms with E-state index >= 15 is 0 Å². The zero-order chi connectivity index (χ0) is 13.0. The molecule has 18 heavy (non-hydrogen) atoms. The molecule has 0 atom stereocenters. The average molecular weight is 266 g/mol. The summed E-state index contributed by atoms with van der Waals surface area (Å²) in [5.41, 5.74) is 3.28. The molecule has 0 aliphatic heterocycles. The van der Waals surface area contributed by atoms with Crippen molar-refractivity contribution in [2.24, 2.45) is 5.84 Å². The Balaban J connectivity index is 2.08. The minimum absolute atomic E-state index is 0.221. The number of hydrogen-bond acceptors (Lipinski definition) is 6. The largest absolute Gasteiger partial charge is 0.484 e. The standard InChI is InChI=1S/C11H12ClN5O/c1-7-2-10(17-13)16-11(15-7)6-18-9-3-8(12)4-14-5-9/h2-5H,6,13H2,1H3,(H,15,16,17). The molecular formula is C11H12ClN5O. The summed E-state index contributed by atoms with van der Waals surface area (Å²) in [5, 5.41) is 0.516. The van der Waals surface area contributed by atoms with Crippen molar-refractivity contribution in [2.45, 2.75) is 13.5 Å². The monoisotopic (exact) mass is 265 g/mol. The van der Waals surface area contributed by atoms with Gasteiger partial charge in [-0.2, -0.15) is 0 Å². The number of hydrazine groups is 1. The fraction of sp³-hybridized carbons (Fsp3) is 0.182. The third-order valence-electron chi connectivity index (χ3n) is 2.10. The van der Waals surface area contributed by atoms with Gasteiger partial charge in [-0.1, -0.05) is 11.6 Å². The first-order chi connectivity index (χ1) is 8.67. The smallest absolute Gasteiger partial charge is 0.168 e. The molecule has 0 fully saturated rings. The summed E-state index contributed by atoms with van der Waals surface area (Å²) in [6, 6.07) is 3.41. The van der Waals surface area contributed by atoms with E-state index in [1.807, 2.05) is 6.92 Å². The highest BCUT2D eigenvalue weighted by Crippen LogP contribution is 2.16. The summed E-state index contributed by atoms with van der Waals surface area (Å²) < 4.78 is 5.49. The van der Waals surface area contributed by atoms with E-state index in [-0.39, 0.29) is 6.61 Å². The summed E-state index contributed by atoms with van der Waals surface area (Å²) in [7, 11) is 0. The molecule has 0 bridgehead atoms. The lowest BCUT2D eigenvalue weighted by Gasteiger charge is -2.07. The van der Waals surface area contributed by atoms with E-state index in [2.05, 4.69) is 20.4 Å². The second-order valence-corrected chi connectivity index (χ2v) is 4.02. The zero-order valence-corrected chi connectivity index (χ0v) is 10.5. The second-order valence-electron chi connectivity index (χ2n) is 3.58. The van der Waals surface area contributed by atoms with E-state index in [4.69, 9.17) is 22.2 Å². The third kappa shape index (κ3) is 3.28. The molecule has 2 rings (SSSR count). The van der Waals surface area contributed by atoms with Crippen LogP contribution in [0.3, 0.4) is 0 Å². The van der Waals surface area contributed by atoms with Gasteiger partial charge in [0, 0.05) is 24.0 Å². The number of aromatic nitrogens is 3. The number of ether oxygens (including phenoxy) is 1. The predicted molar refractivity (Wildman–Crippen MR) is 68.2 cm³/mol. The Bertz CT molecular complexity index is 549. The Morgan fingerprint density at radius 3 is 2.89 bits per heavy atom. The molecule has 94 valence electrons. The van der Waals surface area contributed by atoms with Crippen LogP contribution in [0.4, 0.5) is 5.82 Å². The third-order valence-corrected chi connectivity index (χ3v) is 2.30. The number of anilines is 1. The molecule has 0 amide bonds. The maximum atomic E-state index is 5.80. The van der Waals surface area contributed by atoms with Gasteiger partial charge in [0.1, 0.15) is 18.2 Å². The molecule has 0 aromatic carbocycles. The summed E-state index contributed by atoms with van der Waals surface area (Å²) in [5.74, 6) is 6.95. The Labute approximate surface area is 109 Å². The van der Waals surface area contributed by atoms with Crippen LogP contribution < -0.4 is 16.0 Å². The molecule has 0 unspecified atom stereocenters. The van der Waals surface area contributed by atoms with E-state index in [0.29, 0.717) is 22.4 Å². The average Bonchev–Trinajstić information content (AvgIpc) is 2.36. The molecule has 0 saturated heterocycles. The fourth-order valence-corrected chi connectivity index (χ4v) is 1.55. The lowest BCUT2D eigenvalue weighted by atomic mass is 10.4.